The molecule has 0 bridgehead atoms. The molecule has 0 aromatic carbocycles. The van der Waals surface area contributed by atoms with Crippen LogP contribution in [-0.4, -0.2) is 37.2 Å². The number of ether oxygens (including phenoxy) is 3. The van der Waals surface area contributed by atoms with E-state index in [-0.39, 0.29) is 31.1 Å². The highest BCUT2D eigenvalue weighted by Crippen LogP contribution is 2.16. The van der Waals surface area contributed by atoms with Crippen molar-refractivity contribution in [2.45, 2.75) is 284 Å². The highest BCUT2D eigenvalue weighted by Gasteiger charge is 2.19. The normalized spacial score (nSPS) is 12.6. The molecule has 0 amide bonds. The van der Waals surface area contributed by atoms with Crippen molar-refractivity contribution in [3.63, 3.8) is 0 Å². The molecular formula is C61H106O6. The van der Waals surface area contributed by atoms with Crippen LogP contribution in [0.4, 0.5) is 0 Å². The van der Waals surface area contributed by atoms with Gasteiger partial charge in [0.05, 0.1) is 0 Å². The molecule has 0 N–H and O–H groups in total. The predicted octanol–water partition coefficient (Wildman–Crippen LogP) is 19.0. The van der Waals surface area contributed by atoms with Crippen LogP contribution in [0.2, 0.25) is 0 Å². The molecule has 0 aliphatic carbocycles. The van der Waals surface area contributed by atoms with Crippen molar-refractivity contribution < 1.29 is 28.6 Å². The quantitative estimate of drug-likeness (QED) is 0.0262. The van der Waals surface area contributed by atoms with Crippen LogP contribution in [0.15, 0.2) is 72.9 Å². The Hall–Kier alpha value is -3.15. The van der Waals surface area contributed by atoms with E-state index in [1.54, 1.807) is 0 Å². The fourth-order valence-corrected chi connectivity index (χ4v) is 7.98. The summed E-state index contributed by atoms with van der Waals surface area (Å²) in [6.07, 6.45) is 70.8. The van der Waals surface area contributed by atoms with Crippen molar-refractivity contribution in [2.24, 2.45) is 0 Å². The number of carbonyl (C=O) groups excluding carboxylic acids is 3. The number of carbonyl (C=O) groups is 3. The van der Waals surface area contributed by atoms with Gasteiger partial charge in [0.15, 0.2) is 6.10 Å². The van der Waals surface area contributed by atoms with Gasteiger partial charge in [-0.15, -0.1) is 0 Å². The maximum atomic E-state index is 12.8. The first-order valence-electron chi connectivity index (χ1n) is 28.4. The Balaban J connectivity index is 4.13. The van der Waals surface area contributed by atoms with Gasteiger partial charge in [-0.1, -0.05) is 261 Å². The Bertz CT molecular complexity index is 1260. The van der Waals surface area contributed by atoms with Crippen LogP contribution < -0.4 is 0 Å². The molecule has 386 valence electrons. The third kappa shape index (κ3) is 53.7. The summed E-state index contributed by atoms with van der Waals surface area (Å²) in [5.74, 6) is -0.899. The third-order valence-electron chi connectivity index (χ3n) is 12.2. The molecule has 0 radical (unpaired) electrons. The molecule has 0 aromatic heterocycles. The highest BCUT2D eigenvalue weighted by atomic mass is 16.6. The average molecular weight is 936 g/mol. The summed E-state index contributed by atoms with van der Waals surface area (Å²) in [6, 6.07) is 0. The van der Waals surface area contributed by atoms with E-state index in [1.807, 2.05) is 0 Å². The molecule has 6 nitrogen and oxygen atoms in total. The lowest BCUT2D eigenvalue weighted by Crippen LogP contribution is -2.30. The van der Waals surface area contributed by atoms with Gasteiger partial charge in [0.25, 0.3) is 0 Å². The molecule has 0 saturated heterocycles. The maximum Gasteiger partial charge on any atom is 0.306 e. The van der Waals surface area contributed by atoms with Crippen molar-refractivity contribution in [3.05, 3.63) is 72.9 Å². The minimum absolute atomic E-state index is 0.0788. The molecule has 0 spiro atoms. The second kappa shape index (κ2) is 55.4. The highest BCUT2D eigenvalue weighted by molar-refractivity contribution is 5.71. The summed E-state index contributed by atoms with van der Waals surface area (Å²) in [4.78, 5) is 37.8. The van der Waals surface area contributed by atoms with Gasteiger partial charge in [-0.25, -0.2) is 0 Å². The van der Waals surface area contributed by atoms with Gasteiger partial charge in [0.1, 0.15) is 13.2 Å². The molecule has 67 heavy (non-hydrogen) atoms. The van der Waals surface area contributed by atoms with E-state index in [4.69, 9.17) is 14.2 Å². The summed E-state index contributed by atoms with van der Waals surface area (Å²) < 4.78 is 16.7. The smallest absolute Gasteiger partial charge is 0.306 e. The molecule has 0 saturated carbocycles. The fourth-order valence-electron chi connectivity index (χ4n) is 7.98. The number of rotatable bonds is 51. The number of unbranched alkanes of at least 4 members (excludes halogenated alkanes) is 28. The molecule has 6 heteroatoms. The lowest BCUT2D eigenvalue weighted by molar-refractivity contribution is -0.167. The Morgan fingerprint density at radius 3 is 0.910 bits per heavy atom. The summed E-state index contributed by atoms with van der Waals surface area (Å²) in [7, 11) is 0. The molecular weight excluding hydrogens is 829 g/mol. The van der Waals surface area contributed by atoms with Gasteiger partial charge in [-0.3, -0.25) is 14.4 Å². The minimum atomic E-state index is -0.776. The van der Waals surface area contributed by atoms with Gasteiger partial charge in [0.2, 0.25) is 0 Å². The topological polar surface area (TPSA) is 78.9 Å². The second-order valence-electron chi connectivity index (χ2n) is 18.8. The molecule has 0 heterocycles. The first kappa shape index (κ1) is 63.8. The molecule has 0 aliphatic rings. The zero-order valence-electron chi connectivity index (χ0n) is 44.2. The number of hydrogen-bond acceptors (Lipinski definition) is 6. The van der Waals surface area contributed by atoms with Crippen molar-refractivity contribution in [2.75, 3.05) is 13.2 Å². The lowest BCUT2D eigenvalue weighted by atomic mass is 10.0. The zero-order chi connectivity index (χ0) is 48.6. The summed E-state index contributed by atoms with van der Waals surface area (Å²) in [5, 5.41) is 0. The van der Waals surface area contributed by atoms with Crippen molar-refractivity contribution in [1.29, 1.82) is 0 Å². The van der Waals surface area contributed by atoms with Gasteiger partial charge < -0.3 is 14.2 Å². The van der Waals surface area contributed by atoms with E-state index in [0.29, 0.717) is 19.3 Å². The van der Waals surface area contributed by atoms with Crippen LogP contribution in [-0.2, 0) is 28.6 Å². The molecule has 0 aliphatic heterocycles. The zero-order valence-corrected chi connectivity index (χ0v) is 44.2. The predicted molar refractivity (Wildman–Crippen MR) is 288 cm³/mol. The van der Waals surface area contributed by atoms with E-state index in [9.17, 15) is 14.4 Å². The summed E-state index contributed by atoms with van der Waals surface area (Å²) in [5.41, 5.74) is 0. The SMILES string of the molecule is CC/C=C\C/C=C\C/C=C\C/C=C\C/C=C\C/C=C\CCCCCCCCC(=O)OCC(COC(=O)CCCCCCC)OC(=O)CCCCCCCCCCCCCCCCCCCCC. The van der Waals surface area contributed by atoms with Gasteiger partial charge >= 0.3 is 17.9 Å². The first-order valence-corrected chi connectivity index (χ1v) is 28.4. The molecule has 0 rings (SSSR count). The Morgan fingerprint density at radius 2 is 0.582 bits per heavy atom. The Labute approximate surface area is 414 Å². The largest absolute Gasteiger partial charge is 0.462 e. The van der Waals surface area contributed by atoms with Crippen LogP contribution >= 0.6 is 0 Å². The monoisotopic (exact) mass is 935 g/mol. The molecule has 0 aromatic rings. The molecule has 1 unspecified atom stereocenters. The second-order valence-corrected chi connectivity index (χ2v) is 18.8. The number of esters is 3. The van der Waals surface area contributed by atoms with Crippen LogP contribution in [0.5, 0.6) is 0 Å². The van der Waals surface area contributed by atoms with E-state index >= 15 is 0 Å². The Morgan fingerprint density at radius 1 is 0.313 bits per heavy atom. The summed E-state index contributed by atoms with van der Waals surface area (Å²) >= 11 is 0. The van der Waals surface area contributed by atoms with Gasteiger partial charge in [-0.05, 0) is 70.6 Å². The van der Waals surface area contributed by atoms with Gasteiger partial charge in [-0.2, -0.15) is 0 Å². The van der Waals surface area contributed by atoms with E-state index < -0.39 is 6.10 Å². The standard InChI is InChI=1S/C61H106O6/c1-4-7-10-13-15-17-19-21-23-25-27-28-29-30-31-32-34-35-37-39-41-43-45-48-51-54-60(63)66-57-58(56-65-59(62)53-50-47-12-9-6-3)67-61(64)55-52-49-46-44-42-40-38-36-33-26-24-22-20-18-16-14-11-8-5-2/h7,10,15,17,21,23,27-28,30-31,34-35,58H,4-6,8-9,11-14,16,18-20,22,24-26,29,32-33,36-57H2,1-3H3/b10-7-,17-15-,23-21-,28-27-,31-30-,35-34-. The first-order chi connectivity index (χ1) is 33.0. The van der Waals surface area contributed by atoms with Crippen LogP contribution in [0.1, 0.15) is 278 Å². The summed E-state index contributed by atoms with van der Waals surface area (Å²) in [6.45, 7) is 6.45. The van der Waals surface area contributed by atoms with Gasteiger partial charge in [0, 0.05) is 19.3 Å². The third-order valence-corrected chi connectivity index (χ3v) is 12.2. The van der Waals surface area contributed by atoms with Crippen LogP contribution in [0, 0.1) is 0 Å². The van der Waals surface area contributed by atoms with Crippen molar-refractivity contribution in [3.8, 4) is 0 Å². The van der Waals surface area contributed by atoms with Crippen molar-refractivity contribution >= 4 is 17.9 Å². The molecule has 1 atom stereocenters. The van der Waals surface area contributed by atoms with Crippen LogP contribution in [0.3, 0.4) is 0 Å². The fraction of sp³-hybridized carbons (Fsp3) is 0.754. The molecule has 0 fully saturated rings. The number of hydrogen-bond donors (Lipinski definition) is 0. The van der Waals surface area contributed by atoms with E-state index in [0.717, 1.165) is 109 Å². The average Bonchev–Trinajstić information content (AvgIpc) is 3.33. The maximum absolute atomic E-state index is 12.8. The van der Waals surface area contributed by atoms with E-state index in [2.05, 4.69) is 93.7 Å². The minimum Gasteiger partial charge on any atom is -0.462 e. The Kier molecular flexibility index (Phi) is 52.8. The number of allylic oxidation sites excluding steroid dienone is 12. The lowest BCUT2D eigenvalue weighted by Gasteiger charge is -2.18. The van der Waals surface area contributed by atoms with Crippen molar-refractivity contribution in [1.82, 2.24) is 0 Å². The van der Waals surface area contributed by atoms with E-state index in [1.165, 1.54) is 128 Å². The van der Waals surface area contributed by atoms with Crippen LogP contribution in [0.25, 0.3) is 0 Å².